The zero-order valence-corrected chi connectivity index (χ0v) is 41.3. The van der Waals surface area contributed by atoms with Gasteiger partial charge in [-0.05, 0) is 126 Å². The number of nitrogens with zero attached hydrogens (tertiary/aromatic N) is 2. The van der Waals surface area contributed by atoms with Gasteiger partial charge in [0.2, 0.25) is 0 Å². The van der Waals surface area contributed by atoms with E-state index >= 15 is 0 Å². The normalized spacial score (nSPS) is 11.6. The van der Waals surface area contributed by atoms with E-state index in [9.17, 15) is 0 Å². The minimum absolute atomic E-state index is 1.09. The Morgan fingerprint density at radius 2 is 0.644 bits per heavy atom. The monoisotopic (exact) mass is 946 g/mol. The van der Waals surface area contributed by atoms with Gasteiger partial charge in [0.1, 0.15) is 0 Å². The summed E-state index contributed by atoms with van der Waals surface area (Å²) < 4.78 is 2.39. The third kappa shape index (κ3) is 7.75. The molecule has 0 unspecified atom stereocenters. The predicted molar refractivity (Wildman–Crippen MR) is 313 cm³/mol. The quantitative estimate of drug-likeness (QED) is 0.0926. The Labute approximate surface area is 428 Å². The molecule has 0 saturated carbocycles. The number of rotatable bonds is 11. The average Bonchev–Trinajstić information content (AvgIpc) is 3.82. The van der Waals surface area contributed by atoms with Gasteiger partial charge in [-0.2, -0.15) is 0 Å². The van der Waals surface area contributed by atoms with Gasteiger partial charge in [-0.1, -0.05) is 243 Å². The topological polar surface area (TPSA) is 8.17 Å². The van der Waals surface area contributed by atoms with Crippen LogP contribution in [0.1, 0.15) is 0 Å². The summed E-state index contributed by atoms with van der Waals surface area (Å²) in [6, 6.07) is 111. The number of anilines is 3. The lowest BCUT2D eigenvalue weighted by Crippen LogP contribution is -2.74. The minimum atomic E-state index is -2.71. The molecule has 2 nitrogen and oxygen atoms in total. The lowest BCUT2D eigenvalue weighted by Gasteiger charge is -2.35. The molecule has 3 heteroatoms. The Hall–Kier alpha value is -9.28. The van der Waals surface area contributed by atoms with E-state index in [4.69, 9.17) is 0 Å². The predicted octanol–water partition coefficient (Wildman–Crippen LogP) is 15.8. The van der Waals surface area contributed by atoms with Gasteiger partial charge in [-0.25, -0.2) is 0 Å². The van der Waals surface area contributed by atoms with E-state index in [1.54, 1.807) is 0 Å². The molecule has 0 spiro atoms. The highest BCUT2D eigenvalue weighted by atomic mass is 28.3. The summed E-state index contributed by atoms with van der Waals surface area (Å²) in [6.45, 7) is 0. The zero-order valence-electron chi connectivity index (χ0n) is 40.3. The van der Waals surface area contributed by atoms with Crippen LogP contribution in [0.4, 0.5) is 17.1 Å². The largest absolute Gasteiger partial charge is 0.311 e. The van der Waals surface area contributed by atoms with Gasteiger partial charge >= 0.3 is 0 Å². The molecule has 0 radical (unpaired) electrons. The first-order valence-corrected chi connectivity index (χ1v) is 27.2. The van der Waals surface area contributed by atoms with Gasteiger partial charge < -0.3 is 9.47 Å². The van der Waals surface area contributed by atoms with Crippen molar-refractivity contribution < 1.29 is 0 Å². The Bertz CT molecular complexity index is 3920. The highest BCUT2D eigenvalue weighted by Gasteiger charge is 2.41. The Morgan fingerprint density at radius 3 is 1.23 bits per heavy atom. The summed E-state index contributed by atoms with van der Waals surface area (Å²) in [7, 11) is -2.71. The SMILES string of the molecule is c1ccc(-n2c3ccccc3c3c(-c4ccc(-c5ccc(N(c6ccc(-c7cccc8ccccc78)cc6)c6ccc([Si](c7ccccc7)(c7ccccc7)c7ccccc7)cc6)cc5)cc4)cccc32)cc1. The van der Waals surface area contributed by atoms with Gasteiger partial charge in [-0.15, -0.1) is 0 Å². The van der Waals surface area contributed by atoms with Crippen molar-refractivity contribution in [2.24, 2.45) is 0 Å². The van der Waals surface area contributed by atoms with Gasteiger partial charge in [-0.3, -0.25) is 0 Å². The third-order valence-electron chi connectivity index (χ3n) is 14.8. The van der Waals surface area contributed by atoms with E-state index in [0.29, 0.717) is 0 Å². The minimum Gasteiger partial charge on any atom is -0.311 e. The second-order valence-corrected chi connectivity index (χ2v) is 22.6. The molecule has 0 fully saturated rings. The molecule has 0 atom stereocenters. The molecule has 1 heterocycles. The lowest BCUT2D eigenvalue weighted by atomic mass is 9.96. The van der Waals surface area contributed by atoms with E-state index in [2.05, 4.69) is 313 Å². The van der Waals surface area contributed by atoms with Crippen molar-refractivity contribution in [1.29, 1.82) is 0 Å². The first-order valence-electron chi connectivity index (χ1n) is 25.2. The molecule has 12 aromatic carbocycles. The molecule has 0 aliphatic rings. The maximum Gasteiger partial charge on any atom is 0.179 e. The second-order valence-electron chi connectivity index (χ2n) is 18.8. The fourth-order valence-corrected chi connectivity index (χ4v) is 16.1. The summed E-state index contributed by atoms with van der Waals surface area (Å²) >= 11 is 0. The molecule has 0 aliphatic heterocycles. The summed E-state index contributed by atoms with van der Waals surface area (Å²) in [6.07, 6.45) is 0. The number of para-hydroxylation sites is 2. The molecule has 0 bridgehead atoms. The van der Waals surface area contributed by atoms with Gasteiger partial charge in [0.05, 0.1) is 11.0 Å². The second kappa shape index (κ2) is 18.8. The van der Waals surface area contributed by atoms with Crippen molar-refractivity contribution in [3.63, 3.8) is 0 Å². The molecule has 0 N–H and O–H groups in total. The van der Waals surface area contributed by atoms with Gasteiger partial charge in [0, 0.05) is 33.5 Å². The van der Waals surface area contributed by atoms with Crippen LogP contribution in [0.3, 0.4) is 0 Å². The first kappa shape index (κ1) is 43.7. The molecule has 13 aromatic rings. The zero-order chi connectivity index (χ0) is 48.6. The van der Waals surface area contributed by atoms with Crippen molar-refractivity contribution in [1.82, 2.24) is 4.57 Å². The van der Waals surface area contributed by atoms with Crippen LogP contribution in [-0.4, -0.2) is 12.6 Å². The van der Waals surface area contributed by atoms with Crippen LogP contribution in [0.2, 0.25) is 0 Å². The molecule has 0 saturated heterocycles. The van der Waals surface area contributed by atoms with Crippen LogP contribution < -0.4 is 25.6 Å². The first-order chi connectivity index (χ1) is 36.2. The highest BCUT2D eigenvalue weighted by molar-refractivity contribution is 7.19. The van der Waals surface area contributed by atoms with E-state index in [0.717, 1.165) is 22.7 Å². The Kier molecular flexibility index (Phi) is 11.3. The maximum atomic E-state index is 2.40. The summed E-state index contributed by atoms with van der Waals surface area (Å²) in [5, 5.41) is 10.4. The van der Waals surface area contributed by atoms with Crippen molar-refractivity contribution in [3.05, 3.63) is 303 Å². The van der Waals surface area contributed by atoms with E-state index in [-0.39, 0.29) is 0 Å². The lowest BCUT2D eigenvalue weighted by molar-refractivity contribution is 1.18. The Morgan fingerprint density at radius 1 is 0.260 bits per heavy atom. The Balaban J connectivity index is 0.888. The number of aromatic nitrogens is 1. The molecule has 344 valence electrons. The van der Waals surface area contributed by atoms with Crippen LogP contribution in [0.15, 0.2) is 303 Å². The standard InChI is InChI=1S/C70H50N2Si/c1-5-21-56(22-6-1)72-68-33-16-15-30-67(68)70-66(32-18-34-69(70)72)55-37-35-51(36-38-55)52-39-43-57(44-40-52)71(58-45-41-54(42-46-58)65-31-17-20-53-19-13-14-29-64(53)65)59-47-49-63(50-48-59)73(60-23-7-2-8-24-60,61-25-9-3-10-26-61)62-27-11-4-12-28-62/h1-50H. The molecule has 13 rings (SSSR count). The number of benzene rings is 12. The van der Waals surface area contributed by atoms with E-state index < -0.39 is 8.07 Å². The number of hydrogen-bond acceptors (Lipinski definition) is 1. The van der Waals surface area contributed by atoms with Crippen molar-refractivity contribution >= 4 is 78.5 Å². The molecule has 0 amide bonds. The van der Waals surface area contributed by atoms with Crippen molar-refractivity contribution in [2.75, 3.05) is 4.90 Å². The average molecular weight is 947 g/mol. The van der Waals surface area contributed by atoms with Crippen LogP contribution in [0.5, 0.6) is 0 Å². The molecule has 0 aliphatic carbocycles. The number of fused-ring (bicyclic) bond motifs is 4. The van der Waals surface area contributed by atoms with Gasteiger partial charge in [0.25, 0.3) is 0 Å². The highest BCUT2D eigenvalue weighted by Crippen LogP contribution is 2.41. The van der Waals surface area contributed by atoms with E-state index in [1.807, 2.05) is 0 Å². The fraction of sp³-hybridized carbons (Fsp3) is 0. The molecule has 73 heavy (non-hydrogen) atoms. The molecule has 1 aromatic heterocycles. The fourth-order valence-electron chi connectivity index (χ4n) is 11.4. The summed E-state index contributed by atoms with van der Waals surface area (Å²) in [5.41, 5.74) is 14.0. The smallest absolute Gasteiger partial charge is 0.179 e. The number of hydrogen-bond donors (Lipinski definition) is 0. The summed E-state index contributed by atoms with van der Waals surface area (Å²) in [4.78, 5) is 2.40. The van der Waals surface area contributed by atoms with Gasteiger partial charge in [0.15, 0.2) is 8.07 Å². The van der Waals surface area contributed by atoms with Crippen LogP contribution in [-0.2, 0) is 0 Å². The third-order valence-corrected chi connectivity index (χ3v) is 19.6. The maximum absolute atomic E-state index is 2.71. The molecular formula is C70H50N2Si. The van der Waals surface area contributed by atoms with E-state index in [1.165, 1.54) is 86.7 Å². The van der Waals surface area contributed by atoms with Crippen molar-refractivity contribution in [3.8, 4) is 39.1 Å². The van der Waals surface area contributed by atoms with Crippen LogP contribution in [0, 0.1) is 0 Å². The van der Waals surface area contributed by atoms with Crippen LogP contribution >= 0.6 is 0 Å². The summed E-state index contributed by atoms with van der Waals surface area (Å²) in [5.74, 6) is 0. The van der Waals surface area contributed by atoms with Crippen LogP contribution in [0.25, 0.3) is 71.6 Å². The molecular weight excluding hydrogens is 897 g/mol. The van der Waals surface area contributed by atoms with Crippen molar-refractivity contribution in [2.45, 2.75) is 0 Å².